The average Bonchev–Trinajstić information content (AvgIpc) is 2.33. The quantitative estimate of drug-likeness (QED) is 0.487. The van der Waals surface area contributed by atoms with Crippen LogP contribution in [-0.2, 0) is 0 Å². The van der Waals surface area contributed by atoms with Crippen LogP contribution in [0.5, 0.6) is 0 Å². The van der Waals surface area contributed by atoms with Gasteiger partial charge in [0.1, 0.15) is 12.5 Å². The number of hydrogen-bond donors (Lipinski definition) is 0. The lowest BCUT2D eigenvalue weighted by molar-refractivity contribution is 0.834. The van der Waals surface area contributed by atoms with E-state index in [4.69, 9.17) is 0 Å². The highest BCUT2D eigenvalue weighted by atomic mass is 15.4. The average molecular weight is 119 g/mol. The Balaban J connectivity index is 2.95. The Morgan fingerprint density at radius 2 is 2.56 bits per heavy atom. The fraction of sp³-hybridized carbons (Fsp3) is 0. The molecule has 2 aromatic rings. The normalized spacial score (nSPS) is 10.2. The molecule has 2 heterocycles. The third kappa shape index (κ3) is 0.561. The third-order valence-corrected chi connectivity index (χ3v) is 1.05. The number of aromatic nitrogens is 4. The van der Waals surface area contributed by atoms with Crippen molar-refractivity contribution in [1.82, 2.24) is 19.8 Å². The number of nitrogens with zero attached hydrogens (tertiary/aromatic N) is 4. The van der Waals surface area contributed by atoms with E-state index in [1.807, 2.05) is 0 Å². The molecule has 2 rings (SSSR count). The molecule has 0 aliphatic carbocycles. The van der Waals surface area contributed by atoms with Gasteiger partial charge >= 0.3 is 0 Å². The topological polar surface area (TPSA) is 43.1 Å². The molecule has 0 saturated heterocycles. The Hall–Kier alpha value is -1.45. The molecule has 0 unspecified atom stereocenters. The first-order valence-electron chi connectivity index (χ1n) is 2.49. The van der Waals surface area contributed by atoms with Gasteiger partial charge in [-0.2, -0.15) is 0 Å². The largest absolute Gasteiger partial charge is 0.245 e. The molecule has 0 atom stereocenters. The third-order valence-electron chi connectivity index (χ3n) is 1.05. The molecule has 0 saturated carbocycles. The van der Waals surface area contributed by atoms with Crippen molar-refractivity contribution >= 4 is 5.52 Å². The van der Waals surface area contributed by atoms with E-state index in [2.05, 4.69) is 21.5 Å². The Kier molecular flexibility index (Phi) is 0.745. The highest BCUT2D eigenvalue weighted by Crippen LogP contribution is 1.92. The fourth-order valence-corrected chi connectivity index (χ4v) is 0.635. The lowest BCUT2D eigenvalue weighted by Gasteiger charge is -1.83. The molecule has 0 aliphatic rings. The van der Waals surface area contributed by atoms with Crippen molar-refractivity contribution in [2.45, 2.75) is 0 Å². The molecule has 4 nitrogen and oxygen atoms in total. The van der Waals surface area contributed by atoms with Crippen LogP contribution in [0.15, 0.2) is 18.6 Å². The fourth-order valence-electron chi connectivity index (χ4n) is 0.635. The van der Waals surface area contributed by atoms with Crippen LogP contribution in [0.1, 0.15) is 0 Å². The van der Waals surface area contributed by atoms with Gasteiger partial charge in [0.25, 0.3) is 0 Å². The predicted molar refractivity (Wildman–Crippen MR) is 29.6 cm³/mol. The minimum absolute atomic E-state index is 0.838. The van der Waals surface area contributed by atoms with Gasteiger partial charge in [-0.1, -0.05) is 5.21 Å². The molecule has 4 heteroatoms. The van der Waals surface area contributed by atoms with Gasteiger partial charge in [0, 0.05) is 6.20 Å². The van der Waals surface area contributed by atoms with Crippen LogP contribution in [0.25, 0.3) is 5.52 Å². The number of hydrogen-bond acceptors (Lipinski definition) is 3. The van der Waals surface area contributed by atoms with Crippen molar-refractivity contribution in [3.05, 3.63) is 24.8 Å². The van der Waals surface area contributed by atoms with Gasteiger partial charge in [0.2, 0.25) is 0 Å². The second-order valence-corrected chi connectivity index (χ2v) is 1.61. The molecule has 43 valence electrons. The molecular formula is C5H3N4. The Bertz CT molecular complexity index is 283. The van der Waals surface area contributed by atoms with Crippen LogP contribution in [-0.4, -0.2) is 19.8 Å². The second-order valence-electron chi connectivity index (χ2n) is 1.61. The molecule has 0 aliphatic heterocycles. The molecule has 0 bridgehead atoms. The molecule has 0 N–H and O–H groups in total. The van der Waals surface area contributed by atoms with Crippen LogP contribution in [0.2, 0.25) is 0 Å². The second kappa shape index (κ2) is 1.51. The summed E-state index contributed by atoms with van der Waals surface area (Å²) in [5, 5.41) is 7.22. The maximum absolute atomic E-state index is 3.83. The SMILES string of the molecule is [c]1nnn2cnccc12. The maximum atomic E-state index is 3.83. The standard InChI is InChI=1S/C5H3N4/c1-2-6-4-9-5(1)3-7-8-9/h1-2,4H. The van der Waals surface area contributed by atoms with Crippen LogP contribution in [0, 0.1) is 6.20 Å². The van der Waals surface area contributed by atoms with E-state index >= 15 is 0 Å². The van der Waals surface area contributed by atoms with Crippen molar-refractivity contribution in [3.8, 4) is 0 Å². The highest BCUT2D eigenvalue weighted by Gasteiger charge is 1.89. The van der Waals surface area contributed by atoms with E-state index in [0.717, 1.165) is 5.52 Å². The Morgan fingerprint density at radius 1 is 1.56 bits per heavy atom. The van der Waals surface area contributed by atoms with Crippen molar-refractivity contribution < 1.29 is 0 Å². The van der Waals surface area contributed by atoms with Crippen molar-refractivity contribution in [1.29, 1.82) is 0 Å². The molecule has 0 amide bonds. The van der Waals surface area contributed by atoms with Crippen LogP contribution in [0.3, 0.4) is 0 Å². The lowest BCUT2D eigenvalue weighted by atomic mass is 10.5. The maximum Gasteiger partial charge on any atom is 0.143 e. The van der Waals surface area contributed by atoms with Gasteiger partial charge in [-0.3, -0.25) is 0 Å². The van der Waals surface area contributed by atoms with Gasteiger partial charge in [0.05, 0.1) is 5.52 Å². The first-order chi connectivity index (χ1) is 4.47. The van der Waals surface area contributed by atoms with Gasteiger partial charge < -0.3 is 0 Å². The van der Waals surface area contributed by atoms with Crippen LogP contribution >= 0.6 is 0 Å². The molecule has 9 heavy (non-hydrogen) atoms. The van der Waals surface area contributed by atoms with Crippen molar-refractivity contribution in [2.75, 3.05) is 0 Å². The first-order valence-corrected chi connectivity index (χ1v) is 2.49. The molecule has 2 aromatic heterocycles. The smallest absolute Gasteiger partial charge is 0.143 e. The van der Waals surface area contributed by atoms with E-state index in [1.54, 1.807) is 23.1 Å². The molecule has 0 spiro atoms. The monoisotopic (exact) mass is 119 g/mol. The zero-order valence-corrected chi connectivity index (χ0v) is 4.52. The van der Waals surface area contributed by atoms with Gasteiger partial charge in [0.15, 0.2) is 0 Å². The Morgan fingerprint density at radius 3 is 3.44 bits per heavy atom. The molecule has 1 radical (unpaired) electrons. The van der Waals surface area contributed by atoms with Crippen molar-refractivity contribution in [3.63, 3.8) is 0 Å². The van der Waals surface area contributed by atoms with Gasteiger partial charge in [-0.25, -0.2) is 9.50 Å². The summed E-state index contributed by atoms with van der Waals surface area (Å²) in [5.41, 5.74) is 0.838. The first kappa shape index (κ1) is 4.43. The van der Waals surface area contributed by atoms with Crippen molar-refractivity contribution in [2.24, 2.45) is 0 Å². The molecular weight excluding hydrogens is 116 g/mol. The Labute approximate surface area is 51.1 Å². The van der Waals surface area contributed by atoms with Gasteiger partial charge in [-0.15, -0.1) is 5.10 Å². The summed E-state index contributed by atoms with van der Waals surface area (Å²) in [6.07, 6.45) is 5.94. The van der Waals surface area contributed by atoms with E-state index in [-0.39, 0.29) is 0 Å². The lowest BCUT2D eigenvalue weighted by Crippen LogP contribution is -1.86. The summed E-state index contributed by atoms with van der Waals surface area (Å²) in [5.74, 6) is 0. The summed E-state index contributed by atoms with van der Waals surface area (Å²) in [6, 6.07) is 1.79. The molecule has 0 aromatic carbocycles. The summed E-state index contributed by atoms with van der Waals surface area (Å²) in [7, 11) is 0. The minimum atomic E-state index is 0.838. The zero-order chi connectivity index (χ0) is 6.10. The zero-order valence-electron chi connectivity index (χ0n) is 4.52. The van der Waals surface area contributed by atoms with Gasteiger partial charge in [-0.05, 0) is 6.07 Å². The highest BCUT2D eigenvalue weighted by molar-refractivity contribution is 5.39. The van der Waals surface area contributed by atoms with E-state index in [1.165, 1.54) is 0 Å². The van der Waals surface area contributed by atoms with E-state index < -0.39 is 0 Å². The molecule has 0 fully saturated rings. The van der Waals surface area contributed by atoms with Crippen LogP contribution in [0.4, 0.5) is 0 Å². The number of fused-ring (bicyclic) bond motifs is 1. The van der Waals surface area contributed by atoms with E-state index in [0.29, 0.717) is 0 Å². The summed E-state index contributed by atoms with van der Waals surface area (Å²) >= 11 is 0. The summed E-state index contributed by atoms with van der Waals surface area (Å²) in [6.45, 7) is 0. The summed E-state index contributed by atoms with van der Waals surface area (Å²) < 4.78 is 1.56. The van der Waals surface area contributed by atoms with E-state index in [9.17, 15) is 0 Å². The predicted octanol–water partition coefficient (Wildman–Crippen LogP) is -0.0755. The van der Waals surface area contributed by atoms with Crippen LogP contribution < -0.4 is 0 Å². The summed E-state index contributed by atoms with van der Waals surface area (Å²) in [4.78, 5) is 3.83. The minimum Gasteiger partial charge on any atom is -0.245 e. The number of rotatable bonds is 0.